The van der Waals surface area contributed by atoms with Crippen molar-refractivity contribution in [2.45, 2.75) is 32.4 Å². The number of carbonyl (C=O) groups excluding carboxylic acids is 1. The van der Waals surface area contributed by atoms with Crippen LogP contribution in [0, 0.1) is 6.92 Å². The molecule has 0 spiro atoms. The number of hydrogen-bond donors (Lipinski definition) is 1. The van der Waals surface area contributed by atoms with Gasteiger partial charge in [-0.3, -0.25) is 4.79 Å². The quantitative estimate of drug-likeness (QED) is 0.834. The Labute approximate surface area is 121 Å². The van der Waals surface area contributed by atoms with Gasteiger partial charge in [-0.15, -0.1) is 6.58 Å². The number of aryl methyl sites for hydroxylation is 1. The van der Waals surface area contributed by atoms with Crippen LogP contribution in [0.25, 0.3) is 5.70 Å². The van der Waals surface area contributed by atoms with E-state index < -0.39 is 0 Å². The van der Waals surface area contributed by atoms with Crippen molar-refractivity contribution in [1.29, 1.82) is 0 Å². The summed E-state index contributed by atoms with van der Waals surface area (Å²) in [5.41, 5.74) is 4.81. The van der Waals surface area contributed by atoms with E-state index in [9.17, 15) is 4.79 Å². The van der Waals surface area contributed by atoms with Crippen LogP contribution in [0.1, 0.15) is 29.5 Å². The lowest BCUT2D eigenvalue weighted by Crippen LogP contribution is -2.29. The number of nitrogens with zero attached hydrogens (tertiary/aromatic N) is 1. The van der Waals surface area contributed by atoms with E-state index >= 15 is 0 Å². The number of benzene rings is 1. The summed E-state index contributed by atoms with van der Waals surface area (Å²) in [6.07, 6.45) is 3.17. The normalized spacial score (nSPS) is 14.9. The summed E-state index contributed by atoms with van der Waals surface area (Å²) in [5.74, 6) is 0.0648. The number of hydrogen-bond acceptors (Lipinski definition) is 2. The smallest absolute Gasteiger partial charge is 0.219 e. The van der Waals surface area contributed by atoms with Crippen LogP contribution in [0.15, 0.2) is 37.4 Å². The van der Waals surface area contributed by atoms with Gasteiger partial charge in [0.2, 0.25) is 5.91 Å². The molecule has 3 nitrogen and oxygen atoms in total. The van der Waals surface area contributed by atoms with Gasteiger partial charge in [0.05, 0.1) is 0 Å². The molecule has 1 aromatic carbocycles. The van der Waals surface area contributed by atoms with Gasteiger partial charge in [0.15, 0.2) is 0 Å². The molecule has 1 heterocycles. The van der Waals surface area contributed by atoms with E-state index in [1.165, 1.54) is 16.7 Å². The van der Waals surface area contributed by atoms with E-state index in [2.05, 4.69) is 48.5 Å². The van der Waals surface area contributed by atoms with Crippen LogP contribution in [0.5, 0.6) is 0 Å². The Balaban J connectivity index is 2.12. The minimum Gasteiger partial charge on any atom is -0.361 e. The first-order chi connectivity index (χ1) is 9.56. The summed E-state index contributed by atoms with van der Waals surface area (Å²) in [4.78, 5) is 13.6. The average molecular weight is 270 g/mol. The Kier molecular flexibility index (Phi) is 4.28. The lowest BCUT2D eigenvalue weighted by Gasteiger charge is -2.28. The largest absolute Gasteiger partial charge is 0.361 e. The fourth-order valence-corrected chi connectivity index (χ4v) is 2.69. The van der Waals surface area contributed by atoms with Crippen molar-refractivity contribution in [3.63, 3.8) is 0 Å². The molecule has 3 heteroatoms. The standard InChI is InChI=1S/C17H22N2O/c1-5-15(7-9-17(20)18-4)19-11-14-10-12(2)6-8-16(14)13(19)3/h5-6,8,10,15H,1,3,7,9,11H2,2,4H3,(H,18,20). The maximum atomic E-state index is 11.4. The molecule has 106 valence electrons. The first kappa shape index (κ1) is 14.4. The first-order valence-corrected chi connectivity index (χ1v) is 6.95. The van der Waals surface area contributed by atoms with E-state index in [1.54, 1.807) is 7.05 Å². The summed E-state index contributed by atoms with van der Waals surface area (Å²) in [7, 11) is 1.67. The second kappa shape index (κ2) is 5.95. The molecule has 1 aromatic rings. The zero-order valence-electron chi connectivity index (χ0n) is 12.3. The maximum Gasteiger partial charge on any atom is 0.219 e. The summed E-state index contributed by atoms with van der Waals surface area (Å²) in [6.45, 7) is 11.1. The zero-order chi connectivity index (χ0) is 14.7. The van der Waals surface area contributed by atoms with Gasteiger partial charge in [-0.1, -0.05) is 36.4 Å². The van der Waals surface area contributed by atoms with Crippen molar-refractivity contribution in [2.75, 3.05) is 7.05 Å². The molecule has 0 bridgehead atoms. The van der Waals surface area contributed by atoms with Crippen molar-refractivity contribution in [3.05, 3.63) is 54.1 Å². The van der Waals surface area contributed by atoms with Gasteiger partial charge in [-0.05, 0) is 18.9 Å². The van der Waals surface area contributed by atoms with Crippen molar-refractivity contribution in [1.82, 2.24) is 10.2 Å². The molecule has 0 saturated heterocycles. The highest BCUT2D eigenvalue weighted by Gasteiger charge is 2.26. The van der Waals surface area contributed by atoms with Crippen LogP contribution in [-0.4, -0.2) is 23.9 Å². The van der Waals surface area contributed by atoms with Crippen LogP contribution in [0.3, 0.4) is 0 Å². The molecular weight excluding hydrogens is 248 g/mol. The van der Waals surface area contributed by atoms with E-state index in [4.69, 9.17) is 0 Å². The van der Waals surface area contributed by atoms with Crippen LogP contribution in [0.2, 0.25) is 0 Å². The first-order valence-electron chi connectivity index (χ1n) is 6.95. The van der Waals surface area contributed by atoms with E-state index in [-0.39, 0.29) is 11.9 Å². The van der Waals surface area contributed by atoms with E-state index in [1.807, 2.05) is 6.08 Å². The molecular formula is C17H22N2O. The average Bonchev–Trinajstić information content (AvgIpc) is 2.76. The molecule has 1 atom stereocenters. The number of amides is 1. The highest BCUT2D eigenvalue weighted by molar-refractivity contribution is 5.75. The minimum absolute atomic E-state index is 0.0648. The fourth-order valence-electron chi connectivity index (χ4n) is 2.69. The van der Waals surface area contributed by atoms with Gasteiger partial charge in [0.1, 0.15) is 0 Å². The lowest BCUT2D eigenvalue weighted by atomic mass is 10.1. The third-order valence-corrected chi connectivity index (χ3v) is 3.88. The maximum absolute atomic E-state index is 11.4. The fraction of sp³-hybridized carbons (Fsp3) is 0.353. The predicted octanol–water partition coefficient (Wildman–Crippen LogP) is 2.86. The van der Waals surface area contributed by atoms with Crippen LogP contribution in [-0.2, 0) is 11.3 Å². The molecule has 0 radical (unpaired) electrons. The Morgan fingerprint density at radius 3 is 2.95 bits per heavy atom. The Morgan fingerprint density at radius 1 is 1.55 bits per heavy atom. The number of fused-ring (bicyclic) bond motifs is 1. The topological polar surface area (TPSA) is 32.3 Å². The number of carbonyl (C=O) groups is 1. The summed E-state index contributed by atoms with van der Waals surface area (Å²) in [6, 6.07) is 6.60. The van der Waals surface area contributed by atoms with Gasteiger partial charge in [0.25, 0.3) is 0 Å². The molecule has 0 aromatic heterocycles. The Morgan fingerprint density at radius 2 is 2.30 bits per heavy atom. The van der Waals surface area contributed by atoms with Crippen LogP contribution < -0.4 is 5.32 Å². The van der Waals surface area contributed by atoms with Gasteiger partial charge < -0.3 is 10.2 Å². The van der Waals surface area contributed by atoms with Gasteiger partial charge in [-0.25, -0.2) is 0 Å². The van der Waals surface area contributed by atoms with Gasteiger partial charge >= 0.3 is 0 Å². The minimum atomic E-state index is 0.0648. The molecule has 2 rings (SSSR count). The molecule has 0 saturated carbocycles. The molecule has 0 fully saturated rings. The molecule has 1 unspecified atom stereocenters. The summed E-state index contributed by atoms with van der Waals surface area (Å²) >= 11 is 0. The molecule has 1 aliphatic rings. The summed E-state index contributed by atoms with van der Waals surface area (Å²) in [5, 5.41) is 2.66. The number of rotatable bonds is 5. The summed E-state index contributed by atoms with van der Waals surface area (Å²) < 4.78 is 0. The van der Waals surface area contributed by atoms with Crippen LogP contribution >= 0.6 is 0 Å². The van der Waals surface area contributed by atoms with Crippen molar-refractivity contribution < 1.29 is 4.79 Å². The molecule has 20 heavy (non-hydrogen) atoms. The zero-order valence-corrected chi connectivity index (χ0v) is 12.3. The van der Waals surface area contributed by atoms with E-state index in [0.29, 0.717) is 6.42 Å². The molecule has 0 aliphatic carbocycles. The molecule has 1 N–H and O–H groups in total. The van der Waals surface area contributed by atoms with Gasteiger partial charge in [0, 0.05) is 37.3 Å². The molecule has 1 aliphatic heterocycles. The lowest BCUT2D eigenvalue weighted by molar-refractivity contribution is -0.120. The van der Waals surface area contributed by atoms with Crippen molar-refractivity contribution >= 4 is 11.6 Å². The second-order valence-electron chi connectivity index (χ2n) is 5.25. The molecule has 1 amide bonds. The monoisotopic (exact) mass is 270 g/mol. The van der Waals surface area contributed by atoms with E-state index in [0.717, 1.165) is 18.7 Å². The second-order valence-corrected chi connectivity index (χ2v) is 5.25. The van der Waals surface area contributed by atoms with Crippen molar-refractivity contribution in [2.24, 2.45) is 0 Å². The highest BCUT2D eigenvalue weighted by atomic mass is 16.1. The SMILES string of the molecule is C=CC(CCC(=O)NC)N1Cc2cc(C)ccc2C1=C. The van der Waals surface area contributed by atoms with Crippen LogP contribution in [0.4, 0.5) is 0 Å². The van der Waals surface area contributed by atoms with Gasteiger partial charge in [-0.2, -0.15) is 0 Å². The third kappa shape index (κ3) is 2.77. The predicted molar refractivity (Wildman–Crippen MR) is 83.0 cm³/mol. The van der Waals surface area contributed by atoms with Crippen molar-refractivity contribution in [3.8, 4) is 0 Å². The highest BCUT2D eigenvalue weighted by Crippen LogP contribution is 2.34. The Hall–Kier alpha value is -2.03. The number of nitrogens with one attached hydrogen (secondary N) is 1. The third-order valence-electron chi connectivity index (χ3n) is 3.88. The Bertz CT molecular complexity index is 548.